The van der Waals surface area contributed by atoms with Crippen molar-refractivity contribution in [1.29, 1.82) is 0 Å². The van der Waals surface area contributed by atoms with E-state index in [2.05, 4.69) is 30.9 Å². The number of hydrogen-bond acceptors (Lipinski definition) is 6. The second kappa shape index (κ2) is 4.86. The Morgan fingerprint density at radius 2 is 2.15 bits per heavy atom. The Balaban J connectivity index is 2.29. The van der Waals surface area contributed by atoms with Crippen molar-refractivity contribution >= 4 is 22.8 Å². The molecule has 2 aromatic heterocycles. The van der Waals surface area contributed by atoms with Gasteiger partial charge in [0.25, 0.3) is 0 Å². The highest BCUT2D eigenvalue weighted by Gasteiger charge is 2.24. The maximum absolute atomic E-state index is 10.9. The first kappa shape index (κ1) is 14.4. The Labute approximate surface area is 120 Å². The maximum Gasteiger partial charge on any atom is 0.333 e. The lowest BCUT2D eigenvalue weighted by molar-refractivity contribution is -0.384. The van der Waals surface area contributed by atoms with Gasteiger partial charge >= 0.3 is 5.69 Å². The number of nitro groups is 1. The normalized spacial score (nSPS) is 11.8. The SMILES string of the molecule is Cc1nn(Cc2csc(C(C)(C)C)n2)c(N)c1[N+](=O)[O-]. The van der Waals surface area contributed by atoms with Crippen LogP contribution in [-0.2, 0) is 12.0 Å². The number of thiazole rings is 1. The molecule has 0 aliphatic rings. The van der Waals surface area contributed by atoms with Crippen molar-refractivity contribution in [2.75, 3.05) is 5.73 Å². The van der Waals surface area contributed by atoms with Crippen LogP contribution in [-0.4, -0.2) is 19.7 Å². The third kappa shape index (κ3) is 2.64. The van der Waals surface area contributed by atoms with Crippen molar-refractivity contribution in [3.05, 3.63) is 31.9 Å². The third-order valence-corrected chi connectivity index (χ3v) is 4.14. The molecule has 0 unspecified atom stereocenters. The molecule has 20 heavy (non-hydrogen) atoms. The van der Waals surface area contributed by atoms with Crippen LogP contribution in [0.1, 0.15) is 37.2 Å². The van der Waals surface area contributed by atoms with Gasteiger partial charge in [-0.3, -0.25) is 10.1 Å². The average molecular weight is 295 g/mol. The van der Waals surface area contributed by atoms with Gasteiger partial charge in [0.05, 0.1) is 22.2 Å². The maximum atomic E-state index is 10.9. The first-order valence-corrected chi connectivity index (χ1v) is 7.00. The minimum Gasteiger partial charge on any atom is -0.378 e. The number of nitrogens with two attached hydrogens (primary N) is 1. The molecule has 2 heterocycles. The predicted octanol–water partition coefficient (Wildman–Crippen LogP) is 2.48. The van der Waals surface area contributed by atoms with E-state index in [-0.39, 0.29) is 16.9 Å². The molecule has 108 valence electrons. The van der Waals surface area contributed by atoms with Crippen LogP contribution in [0.2, 0.25) is 0 Å². The molecule has 8 heteroatoms. The molecule has 0 spiro atoms. The van der Waals surface area contributed by atoms with Gasteiger partial charge in [0.1, 0.15) is 5.69 Å². The summed E-state index contributed by atoms with van der Waals surface area (Å²) in [6.07, 6.45) is 0. The Kier molecular flexibility index (Phi) is 3.51. The van der Waals surface area contributed by atoms with E-state index in [0.29, 0.717) is 12.2 Å². The van der Waals surface area contributed by atoms with Crippen molar-refractivity contribution in [3.8, 4) is 0 Å². The molecule has 2 N–H and O–H groups in total. The number of nitrogen functional groups attached to an aromatic ring is 1. The minimum atomic E-state index is -0.504. The molecule has 2 rings (SSSR count). The monoisotopic (exact) mass is 295 g/mol. The van der Waals surface area contributed by atoms with Crippen LogP contribution in [0, 0.1) is 17.0 Å². The average Bonchev–Trinajstić information content (AvgIpc) is 2.84. The van der Waals surface area contributed by atoms with Crippen LogP contribution in [0.4, 0.5) is 11.5 Å². The highest BCUT2D eigenvalue weighted by Crippen LogP contribution is 2.28. The van der Waals surface area contributed by atoms with Gasteiger partial charge in [0.2, 0.25) is 5.82 Å². The zero-order valence-electron chi connectivity index (χ0n) is 11.9. The summed E-state index contributed by atoms with van der Waals surface area (Å²) in [7, 11) is 0. The van der Waals surface area contributed by atoms with Gasteiger partial charge in [-0.05, 0) is 6.92 Å². The van der Waals surface area contributed by atoms with E-state index in [1.54, 1.807) is 18.3 Å². The van der Waals surface area contributed by atoms with Crippen molar-refractivity contribution < 1.29 is 4.92 Å². The highest BCUT2D eigenvalue weighted by atomic mass is 32.1. The molecule has 0 bridgehead atoms. The molecule has 7 nitrogen and oxygen atoms in total. The Morgan fingerprint density at radius 1 is 1.50 bits per heavy atom. The van der Waals surface area contributed by atoms with Gasteiger partial charge in [-0.15, -0.1) is 11.3 Å². The van der Waals surface area contributed by atoms with Crippen LogP contribution in [0.15, 0.2) is 5.38 Å². The topological polar surface area (TPSA) is 99.9 Å². The number of anilines is 1. The number of aromatic nitrogens is 3. The smallest absolute Gasteiger partial charge is 0.333 e. The van der Waals surface area contributed by atoms with Crippen LogP contribution < -0.4 is 5.73 Å². The summed E-state index contributed by atoms with van der Waals surface area (Å²) < 4.78 is 1.43. The van der Waals surface area contributed by atoms with E-state index in [1.807, 2.05) is 5.38 Å². The first-order chi connectivity index (χ1) is 9.20. The quantitative estimate of drug-likeness (QED) is 0.692. The largest absolute Gasteiger partial charge is 0.378 e. The lowest BCUT2D eigenvalue weighted by Crippen LogP contribution is -2.11. The molecular formula is C12H17N5O2S. The van der Waals surface area contributed by atoms with E-state index in [4.69, 9.17) is 5.73 Å². The van der Waals surface area contributed by atoms with E-state index in [9.17, 15) is 10.1 Å². The van der Waals surface area contributed by atoms with Gasteiger partial charge in [-0.2, -0.15) is 5.10 Å². The standard InChI is InChI=1S/C12H17N5O2S/c1-7-9(17(18)19)10(13)16(15-7)5-8-6-20-11(14-8)12(2,3)4/h6H,5,13H2,1-4H3. The number of hydrogen-bond donors (Lipinski definition) is 1. The second-order valence-electron chi connectivity index (χ2n) is 5.63. The molecule has 0 fully saturated rings. The molecule has 0 saturated heterocycles. The summed E-state index contributed by atoms with van der Waals surface area (Å²) in [5.41, 5.74) is 6.77. The second-order valence-corrected chi connectivity index (χ2v) is 6.49. The summed E-state index contributed by atoms with van der Waals surface area (Å²) in [5, 5.41) is 18.0. The molecule has 0 saturated carbocycles. The van der Waals surface area contributed by atoms with E-state index >= 15 is 0 Å². The predicted molar refractivity (Wildman–Crippen MR) is 77.9 cm³/mol. The van der Waals surface area contributed by atoms with Crippen molar-refractivity contribution in [2.45, 2.75) is 39.7 Å². The van der Waals surface area contributed by atoms with Gasteiger partial charge in [0, 0.05) is 10.8 Å². The molecule has 0 amide bonds. The lowest BCUT2D eigenvalue weighted by Gasteiger charge is -2.13. The summed E-state index contributed by atoms with van der Waals surface area (Å²) in [6.45, 7) is 8.19. The van der Waals surface area contributed by atoms with Crippen molar-refractivity contribution in [1.82, 2.24) is 14.8 Å². The van der Waals surface area contributed by atoms with Gasteiger partial charge in [-0.1, -0.05) is 20.8 Å². The van der Waals surface area contributed by atoms with Crippen LogP contribution in [0.25, 0.3) is 0 Å². The zero-order valence-corrected chi connectivity index (χ0v) is 12.7. The van der Waals surface area contributed by atoms with E-state index in [1.165, 1.54) is 4.68 Å². The van der Waals surface area contributed by atoms with Crippen LogP contribution >= 0.6 is 11.3 Å². The molecule has 0 aliphatic heterocycles. The van der Waals surface area contributed by atoms with Gasteiger partial charge in [0.15, 0.2) is 0 Å². The number of nitrogens with zero attached hydrogens (tertiary/aromatic N) is 4. The third-order valence-electron chi connectivity index (χ3n) is 2.82. The van der Waals surface area contributed by atoms with Gasteiger partial charge in [-0.25, -0.2) is 9.67 Å². The molecule has 0 aromatic carbocycles. The summed E-state index contributed by atoms with van der Waals surface area (Å²) >= 11 is 1.57. The number of rotatable bonds is 3. The van der Waals surface area contributed by atoms with Crippen LogP contribution in [0.3, 0.4) is 0 Å². The summed E-state index contributed by atoms with van der Waals surface area (Å²) in [5.74, 6) is 0.0674. The fraction of sp³-hybridized carbons (Fsp3) is 0.500. The minimum absolute atomic E-state index is 0.0134. The molecule has 2 aromatic rings. The van der Waals surface area contributed by atoms with Crippen molar-refractivity contribution in [2.24, 2.45) is 0 Å². The first-order valence-electron chi connectivity index (χ1n) is 6.12. The fourth-order valence-electron chi connectivity index (χ4n) is 1.81. The Hall–Kier alpha value is -1.96. The summed E-state index contributed by atoms with van der Waals surface area (Å²) in [6, 6.07) is 0. The van der Waals surface area contributed by atoms with E-state index < -0.39 is 4.92 Å². The van der Waals surface area contributed by atoms with E-state index in [0.717, 1.165) is 10.7 Å². The highest BCUT2D eigenvalue weighted by molar-refractivity contribution is 7.09. The molecule has 0 atom stereocenters. The number of aryl methyl sites for hydroxylation is 1. The Bertz CT molecular complexity index is 653. The molecule has 0 radical (unpaired) electrons. The van der Waals surface area contributed by atoms with Crippen molar-refractivity contribution in [3.63, 3.8) is 0 Å². The van der Waals surface area contributed by atoms with Crippen LogP contribution in [0.5, 0.6) is 0 Å². The fourth-order valence-corrected chi connectivity index (χ4v) is 2.71. The van der Waals surface area contributed by atoms with Gasteiger partial charge < -0.3 is 5.73 Å². The summed E-state index contributed by atoms with van der Waals surface area (Å²) in [4.78, 5) is 14.9. The molecule has 0 aliphatic carbocycles. The zero-order chi connectivity index (χ0) is 15.1. The molecular weight excluding hydrogens is 278 g/mol. The Morgan fingerprint density at radius 3 is 2.60 bits per heavy atom. The lowest BCUT2D eigenvalue weighted by atomic mass is 9.98.